The molecule has 0 atom stereocenters. The van der Waals surface area contributed by atoms with Gasteiger partial charge in [0, 0.05) is 49.0 Å². The Morgan fingerprint density at radius 3 is 2.58 bits per heavy atom. The highest BCUT2D eigenvalue weighted by Gasteiger charge is 2.23. The summed E-state index contributed by atoms with van der Waals surface area (Å²) in [4.78, 5) is 21.5. The molecular weight excluding hydrogens is 412 g/mol. The number of carbonyl (C=O) groups excluding carboxylic acids is 1. The molecule has 2 aromatic carbocycles. The largest absolute Gasteiger partial charge is 0.441 e. The Kier molecular flexibility index (Phi) is 6.30. The smallest absolute Gasteiger partial charge is 0.321 e. The van der Waals surface area contributed by atoms with Gasteiger partial charge in [-0.05, 0) is 56.2 Å². The molecule has 1 aromatic heterocycles. The Balaban J connectivity index is 1.34. The normalized spacial score (nSPS) is 14.6. The van der Waals surface area contributed by atoms with E-state index in [-0.39, 0.29) is 6.03 Å². The van der Waals surface area contributed by atoms with E-state index in [0.29, 0.717) is 30.5 Å². The number of carbonyl (C=O) groups is 1. The molecule has 1 aliphatic rings. The van der Waals surface area contributed by atoms with Gasteiger partial charge < -0.3 is 14.6 Å². The molecule has 3 aromatic rings. The topological polar surface area (TPSA) is 61.6 Å². The molecule has 0 bridgehead atoms. The van der Waals surface area contributed by atoms with Crippen LogP contribution in [0.15, 0.2) is 46.9 Å². The minimum atomic E-state index is -0.0470. The highest BCUT2D eigenvalue weighted by molar-refractivity contribution is 6.30. The van der Waals surface area contributed by atoms with Crippen LogP contribution in [0, 0.1) is 20.8 Å². The third-order valence-corrected chi connectivity index (χ3v) is 6.08. The second kappa shape index (κ2) is 9.12. The molecule has 4 rings (SSSR count). The number of amides is 2. The number of oxazole rings is 1. The van der Waals surface area contributed by atoms with E-state index in [4.69, 9.17) is 16.0 Å². The van der Waals surface area contributed by atoms with Gasteiger partial charge in [-0.15, -0.1) is 0 Å². The Morgan fingerprint density at radius 1 is 1.10 bits per heavy atom. The Hall–Kier alpha value is -2.83. The minimum Gasteiger partial charge on any atom is -0.441 e. The van der Waals surface area contributed by atoms with Gasteiger partial charge in [0.2, 0.25) is 5.89 Å². The predicted octanol–water partition coefficient (Wildman–Crippen LogP) is 5.27. The second-order valence-electron chi connectivity index (χ2n) is 7.97. The van der Waals surface area contributed by atoms with Crippen molar-refractivity contribution in [1.29, 1.82) is 0 Å². The third-order valence-electron chi connectivity index (χ3n) is 5.84. The molecule has 0 radical (unpaired) electrons. The van der Waals surface area contributed by atoms with Crippen molar-refractivity contribution in [2.75, 3.05) is 31.5 Å². The van der Waals surface area contributed by atoms with E-state index in [1.54, 1.807) is 0 Å². The van der Waals surface area contributed by atoms with Crippen LogP contribution in [0.1, 0.15) is 22.6 Å². The molecule has 6 nitrogen and oxygen atoms in total. The van der Waals surface area contributed by atoms with E-state index < -0.39 is 0 Å². The predicted molar refractivity (Wildman–Crippen MR) is 123 cm³/mol. The maximum Gasteiger partial charge on any atom is 0.321 e. The fraction of sp³-hybridized carbons (Fsp3) is 0.333. The molecule has 1 saturated heterocycles. The summed E-state index contributed by atoms with van der Waals surface area (Å²) in [6.45, 7) is 9.64. The van der Waals surface area contributed by atoms with E-state index in [1.165, 1.54) is 5.56 Å². The van der Waals surface area contributed by atoms with Crippen molar-refractivity contribution in [3.63, 3.8) is 0 Å². The van der Waals surface area contributed by atoms with Crippen LogP contribution in [-0.2, 0) is 6.54 Å². The summed E-state index contributed by atoms with van der Waals surface area (Å²) in [5.41, 5.74) is 4.94. The maximum atomic E-state index is 12.7. The number of rotatable bonds is 4. The van der Waals surface area contributed by atoms with Gasteiger partial charge in [0.05, 0.1) is 5.69 Å². The lowest BCUT2D eigenvalue weighted by atomic mass is 10.1. The van der Waals surface area contributed by atoms with Crippen LogP contribution in [0.25, 0.3) is 11.5 Å². The average Bonchev–Trinajstić information content (AvgIpc) is 3.12. The van der Waals surface area contributed by atoms with Crippen molar-refractivity contribution < 1.29 is 9.21 Å². The van der Waals surface area contributed by atoms with Crippen molar-refractivity contribution in [1.82, 2.24) is 14.8 Å². The first-order chi connectivity index (χ1) is 14.9. The van der Waals surface area contributed by atoms with Crippen LogP contribution in [-0.4, -0.2) is 47.0 Å². The molecule has 0 aliphatic carbocycles. The monoisotopic (exact) mass is 438 g/mol. The van der Waals surface area contributed by atoms with Gasteiger partial charge in [0.1, 0.15) is 5.76 Å². The summed E-state index contributed by atoms with van der Waals surface area (Å²) in [5, 5.41) is 3.71. The molecule has 2 heterocycles. The molecule has 2 amide bonds. The number of aromatic nitrogens is 1. The first-order valence-corrected chi connectivity index (χ1v) is 10.9. The Labute approximate surface area is 187 Å². The van der Waals surface area contributed by atoms with Gasteiger partial charge in [-0.1, -0.05) is 29.8 Å². The fourth-order valence-electron chi connectivity index (χ4n) is 3.72. The van der Waals surface area contributed by atoms with Gasteiger partial charge in [0.25, 0.3) is 0 Å². The van der Waals surface area contributed by atoms with E-state index in [1.807, 2.05) is 68.1 Å². The van der Waals surface area contributed by atoms with Crippen LogP contribution in [0.4, 0.5) is 10.5 Å². The zero-order valence-corrected chi connectivity index (χ0v) is 18.9. The number of aryl methyl sites for hydroxylation is 2. The minimum absolute atomic E-state index is 0.0470. The number of urea groups is 1. The summed E-state index contributed by atoms with van der Waals surface area (Å²) < 4.78 is 5.87. The van der Waals surface area contributed by atoms with E-state index >= 15 is 0 Å². The van der Waals surface area contributed by atoms with Gasteiger partial charge >= 0.3 is 6.03 Å². The van der Waals surface area contributed by atoms with Crippen LogP contribution < -0.4 is 5.32 Å². The summed E-state index contributed by atoms with van der Waals surface area (Å²) in [5.74, 6) is 1.40. The van der Waals surface area contributed by atoms with Crippen LogP contribution in [0.3, 0.4) is 0 Å². The zero-order valence-electron chi connectivity index (χ0n) is 18.1. The number of hydrogen-bond acceptors (Lipinski definition) is 4. The fourth-order valence-corrected chi connectivity index (χ4v) is 3.91. The summed E-state index contributed by atoms with van der Waals surface area (Å²) >= 11 is 6.09. The highest BCUT2D eigenvalue weighted by atomic mass is 35.5. The standard InChI is InChI=1S/C24H27ClN4O2/c1-16-6-4-9-21(17(16)2)27-24(30)29-12-10-28(11-13-29)15-22-18(3)31-23(26-22)19-7-5-8-20(25)14-19/h4-9,14H,10-13,15H2,1-3H3,(H,27,30). The SMILES string of the molecule is Cc1cccc(NC(=O)N2CCN(Cc3nc(-c4cccc(Cl)c4)oc3C)CC2)c1C. The van der Waals surface area contributed by atoms with Crippen molar-refractivity contribution in [3.8, 4) is 11.5 Å². The lowest BCUT2D eigenvalue weighted by Crippen LogP contribution is -2.49. The molecular formula is C24H27ClN4O2. The van der Waals surface area contributed by atoms with E-state index in [9.17, 15) is 4.79 Å². The lowest BCUT2D eigenvalue weighted by Gasteiger charge is -2.34. The lowest BCUT2D eigenvalue weighted by molar-refractivity contribution is 0.141. The van der Waals surface area contributed by atoms with Crippen LogP contribution in [0.2, 0.25) is 5.02 Å². The second-order valence-corrected chi connectivity index (χ2v) is 8.41. The van der Waals surface area contributed by atoms with Crippen LogP contribution in [0.5, 0.6) is 0 Å². The van der Waals surface area contributed by atoms with Gasteiger partial charge in [-0.2, -0.15) is 0 Å². The molecule has 1 N–H and O–H groups in total. The van der Waals surface area contributed by atoms with Gasteiger partial charge in [0.15, 0.2) is 0 Å². The number of nitrogens with zero attached hydrogens (tertiary/aromatic N) is 3. The highest BCUT2D eigenvalue weighted by Crippen LogP contribution is 2.25. The van der Waals surface area contributed by atoms with Gasteiger partial charge in [-0.25, -0.2) is 9.78 Å². The molecule has 0 spiro atoms. The molecule has 1 fully saturated rings. The third kappa shape index (κ3) is 4.92. The first kappa shape index (κ1) is 21.4. The van der Waals surface area contributed by atoms with Gasteiger partial charge in [-0.3, -0.25) is 4.90 Å². The number of halogens is 1. The summed E-state index contributed by atoms with van der Waals surface area (Å²) in [6.07, 6.45) is 0. The van der Waals surface area contributed by atoms with Crippen molar-refractivity contribution >= 4 is 23.3 Å². The number of benzene rings is 2. The zero-order chi connectivity index (χ0) is 22.0. The molecule has 7 heteroatoms. The van der Waals surface area contributed by atoms with Crippen LogP contribution >= 0.6 is 11.6 Å². The number of nitrogens with one attached hydrogen (secondary N) is 1. The molecule has 31 heavy (non-hydrogen) atoms. The Morgan fingerprint density at radius 2 is 1.84 bits per heavy atom. The van der Waals surface area contributed by atoms with Crippen molar-refractivity contribution in [2.45, 2.75) is 27.3 Å². The molecule has 1 aliphatic heterocycles. The summed E-state index contributed by atoms with van der Waals surface area (Å²) in [7, 11) is 0. The number of anilines is 1. The number of hydrogen-bond donors (Lipinski definition) is 1. The number of piperazine rings is 1. The quantitative estimate of drug-likeness (QED) is 0.602. The van der Waals surface area contributed by atoms with Crippen molar-refractivity contribution in [3.05, 3.63) is 70.1 Å². The van der Waals surface area contributed by atoms with E-state index in [2.05, 4.69) is 15.2 Å². The molecule has 0 unspecified atom stereocenters. The average molecular weight is 439 g/mol. The Bertz CT molecular complexity index is 1090. The summed E-state index contributed by atoms with van der Waals surface area (Å²) in [6, 6.07) is 13.4. The molecule has 0 saturated carbocycles. The first-order valence-electron chi connectivity index (χ1n) is 10.5. The van der Waals surface area contributed by atoms with Crippen molar-refractivity contribution in [2.24, 2.45) is 0 Å². The molecule has 162 valence electrons. The maximum absolute atomic E-state index is 12.7. The van der Waals surface area contributed by atoms with E-state index in [0.717, 1.165) is 41.4 Å².